The average Bonchev–Trinajstić information content (AvgIpc) is 2.49. The summed E-state index contributed by atoms with van der Waals surface area (Å²) in [6.07, 6.45) is 3.57. The van der Waals surface area contributed by atoms with Crippen LogP contribution >= 0.6 is 0 Å². The van der Waals surface area contributed by atoms with Crippen LogP contribution in [0.3, 0.4) is 0 Å². The van der Waals surface area contributed by atoms with E-state index in [4.69, 9.17) is 5.11 Å². The molecule has 21 heavy (non-hydrogen) atoms. The Kier molecular flexibility index (Phi) is 5.62. The van der Waals surface area contributed by atoms with E-state index in [9.17, 15) is 4.79 Å². The number of para-hydroxylation sites is 1. The standard InChI is InChI=1S/C17H26N2O2/c1-13-12-15(14-8-4-5-9-16(14)18-13)17(21)19(2)10-6-3-7-11-20/h4-5,8-9,13,15,18,20H,3,6-7,10-12H2,1-2H3. The first kappa shape index (κ1) is 15.8. The monoisotopic (exact) mass is 290 g/mol. The summed E-state index contributed by atoms with van der Waals surface area (Å²) in [5.41, 5.74) is 2.20. The fraction of sp³-hybridized carbons (Fsp3) is 0.588. The Bertz CT molecular complexity index is 476. The lowest BCUT2D eigenvalue weighted by atomic mass is 9.86. The number of nitrogens with one attached hydrogen (secondary N) is 1. The van der Waals surface area contributed by atoms with Gasteiger partial charge in [-0.3, -0.25) is 4.79 Å². The van der Waals surface area contributed by atoms with Gasteiger partial charge in [-0.25, -0.2) is 0 Å². The van der Waals surface area contributed by atoms with Crippen molar-refractivity contribution in [2.75, 3.05) is 25.5 Å². The van der Waals surface area contributed by atoms with E-state index in [0.717, 1.165) is 43.5 Å². The van der Waals surface area contributed by atoms with E-state index in [1.165, 1.54) is 0 Å². The molecule has 1 aliphatic rings. The molecule has 4 nitrogen and oxygen atoms in total. The van der Waals surface area contributed by atoms with Gasteiger partial charge in [-0.2, -0.15) is 0 Å². The number of aliphatic hydroxyl groups is 1. The molecule has 1 aromatic carbocycles. The van der Waals surface area contributed by atoms with Crippen LogP contribution in [0.5, 0.6) is 0 Å². The number of benzene rings is 1. The summed E-state index contributed by atoms with van der Waals surface area (Å²) < 4.78 is 0. The predicted octanol–water partition coefficient (Wildman–Crippen LogP) is 2.60. The van der Waals surface area contributed by atoms with Crippen molar-refractivity contribution in [2.45, 2.75) is 44.6 Å². The maximum absolute atomic E-state index is 12.7. The van der Waals surface area contributed by atoms with Gasteiger partial charge >= 0.3 is 0 Å². The molecule has 116 valence electrons. The number of carbonyl (C=O) groups is 1. The second-order valence-electron chi connectivity index (χ2n) is 5.96. The van der Waals surface area contributed by atoms with Gasteiger partial charge in [0.1, 0.15) is 0 Å². The number of anilines is 1. The number of likely N-dealkylation sites (N-methyl/N-ethyl adjacent to an activating group) is 1. The molecule has 0 bridgehead atoms. The number of amides is 1. The number of nitrogens with zero attached hydrogens (tertiary/aromatic N) is 1. The quantitative estimate of drug-likeness (QED) is 0.792. The van der Waals surface area contributed by atoms with Gasteiger partial charge in [-0.15, -0.1) is 0 Å². The van der Waals surface area contributed by atoms with Crippen molar-refractivity contribution in [2.24, 2.45) is 0 Å². The van der Waals surface area contributed by atoms with Crippen LogP contribution in [0.1, 0.15) is 44.1 Å². The third-order valence-corrected chi connectivity index (χ3v) is 4.15. The van der Waals surface area contributed by atoms with Crippen molar-refractivity contribution in [3.8, 4) is 0 Å². The number of rotatable bonds is 6. The molecule has 2 rings (SSSR count). The molecule has 2 atom stereocenters. The Balaban J connectivity index is 2.01. The zero-order chi connectivity index (χ0) is 15.2. The van der Waals surface area contributed by atoms with Gasteiger partial charge in [-0.05, 0) is 44.2 Å². The topological polar surface area (TPSA) is 52.6 Å². The predicted molar refractivity (Wildman–Crippen MR) is 85.5 cm³/mol. The van der Waals surface area contributed by atoms with E-state index >= 15 is 0 Å². The van der Waals surface area contributed by atoms with Gasteiger partial charge in [0.15, 0.2) is 0 Å². The number of aliphatic hydroxyl groups excluding tert-OH is 1. The lowest BCUT2D eigenvalue weighted by Crippen LogP contribution is -2.37. The molecule has 0 saturated carbocycles. The van der Waals surface area contributed by atoms with Crippen LogP contribution in [0.2, 0.25) is 0 Å². The van der Waals surface area contributed by atoms with E-state index < -0.39 is 0 Å². The number of hydrogen-bond donors (Lipinski definition) is 2. The van der Waals surface area contributed by atoms with E-state index in [1.54, 1.807) is 0 Å². The molecule has 0 aliphatic carbocycles. The smallest absolute Gasteiger partial charge is 0.230 e. The maximum atomic E-state index is 12.7. The normalized spacial score (nSPS) is 20.5. The van der Waals surface area contributed by atoms with Crippen molar-refractivity contribution in [1.29, 1.82) is 0 Å². The highest BCUT2D eigenvalue weighted by molar-refractivity contribution is 5.86. The number of hydrogen-bond acceptors (Lipinski definition) is 3. The molecule has 1 aromatic rings. The van der Waals surface area contributed by atoms with Gasteiger partial charge < -0.3 is 15.3 Å². The summed E-state index contributed by atoms with van der Waals surface area (Å²) in [6, 6.07) is 8.42. The van der Waals surface area contributed by atoms with Crippen LogP contribution in [0, 0.1) is 0 Å². The van der Waals surface area contributed by atoms with E-state index in [1.807, 2.05) is 30.1 Å². The van der Waals surface area contributed by atoms with Crippen LogP contribution in [0.25, 0.3) is 0 Å². The third-order valence-electron chi connectivity index (χ3n) is 4.15. The van der Waals surface area contributed by atoms with E-state index in [0.29, 0.717) is 6.04 Å². The third kappa shape index (κ3) is 3.97. The lowest BCUT2D eigenvalue weighted by Gasteiger charge is -2.33. The minimum absolute atomic E-state index is 0.0414. The van der Waals surface area contributed by atoms with Crippen LogP contribution in [0.4, 0.5) is 5.69 Å². The fourth-order valence-electron chi connectivity index (χ4n) is 2.98. The molecule has 0 saturated heterocycles. The zero-order valence-corrected chi connectivity index (χ0v) is 13.0. The Morgan fingerprint density at radius 1 is 1.33 bits per heavy atom. The van der Waals surface area contributed by atoms with Gasteiger partial charge in [-0.1, -0.05) is 18.2 Å². The molecule has 2 N–H and O–H groups in total. The first-order chi connectivity index (χ1) is 10.1. The first-order valence-corrected chi connectivity index (χ1v) is 7.84. The SMILES string of the molecule is CC1CC(C(=O)N(C)CCCCCO)c2ccccc2N1. The second kappa shape index (κ2) is 7.46. The summed E-state index contributed by atoms with van der Waals surface area (Å²) in [5, 5.41) is 12.2. The Morgan fingerprint density at radius 3 is 2.86 bits per heavy atom. The molecule has 1 aliphatic heterocycles. The summed E-state index contributed by atoms with van der Waals surface area (Å²) in [5.74, 6) is 0.167. The molecule has 1 heterocycles. The van der Waals surface area contributed by atoms with Crippen LogP contribution in [-0.2, 0) is 4.79 Å². The molecule has 0 aromatic heterocycles. The van der Waals surface area contributed by atoms with Crippen LogP contribution < -0.4 is 5.32 Å². The van der Waals surface area contributed by atoms with Crippen molar-refractivity contribution < 1.29 is 9.90 Å². The van der Waals surface area contributed by atoms with E-state index in [2.05, 4.69) is 18.3 Å². The van der Waals surface area contributed by atoms with Crippen LogP contribution in [-0.4, -0.2) is 42.2 Å². The Hall–Kier alpha value is -1.55. The van der Waals surface area contributed by atoms with Gasteiger partial charge in [0.2, 0.25) is 5.91 Å². The molecule has 1 amide bonds. The van der Waals surface area contributed by atoms with Gasteiger partial charge in [0.25, 0.3) is 0 Å². The van der Waals surface area contributed by atoms with E-state index in [-0.39, 0.29) is 18.4 Å². The largest absolute Gasteiger partial charge is 0.396 e. The van der Waals surface area contributed by atoms with Crippen molar-refractivity contribution >= 4 is 11.6 Å². The first-order valence-electron chi connectivity index (χ1n) is 7.84. The summed E-state index contributed by atoms with van der Waals surface area (Å²) in [6.45, 7) is 3.12. The fourth-order valence-corrected chi connectivity index (χ4v) is 2.98. The molecular weight excluding hydrogens is 264 g/mol. The number of fused-ring (bicyclic) bond motifs is 1. The Labute approximate surface area is 127 Å². The summed E-state index contributed by atoms with van der Waals surface area (Å²) >= 11 is 0. The van der Waals surface area contributed by atoms with Crippen molar-refractivity contribution in [1.82, 2.24) is 4.90 Å². The van der Waals surface area contributed by atoms with Crippen molar-refractivity contribution in [3.05, 3.63) is 29.8 Å². The molecule has 0 spiro atoms. The van der Waals surface area contributed by atoms with Gasteiger partial charge in [0.05, 0.1) is 5.92 Å². The molecule has 0 radical (unpaired) electrons. The second-order valence-corrected chi connectivity index (χ2v) is 5.96. The highest BCUT2D eigenvalue weighted by Crippen LogP contribution is 2.35. The maximum Gasteiger partial charge on any atom is 0.230 e. The minimum atomic E-state index is -0.0414. The summed E-state index contributed by atoms with van der Waals surface area (Å²) in [4.78, 5) is 14.6. The average molecular weight is 290 g/mol. The molecule has 0 fully saturated rings. The highest BCUT2D eigenvalue weighted by Gasteiger charge is 2.31. The summed E-state index contributed by atoms with van der Waals surface area (Å²) in [7, 11) is 1.89. The van der Waals surface area contributed by atoms with Gasteiger partial charge in [0, 0.05) is 31.9 Å². The number of unbranched alkanes of at least 4 members (excludes halogenated alkanes) is 2. The zero-order valence-electron chi connectivity index (χ0n) is 13.0. The number of carbonyl (C=O) groups excluding carboxylic acids is 1. The highest BCUT2D eigenvalue weighted by atomic mass is 16.2. The van der Waals surface area contributed by atoms with Crippen molar-refractivity contribution in [3.63, 3.8) is 0 Å². The lowest BCUT2D eigenvalue weighted by molar-refractivity contribution is -0.131. The minimum Gasteiger partial charge on any atom is -0.396 e. The molecular formula is C17H26N2O2. The molecule has 2 unspecified atom stereocenters. The Morgan fingerprint density at radius 2 is 2.10 bits per heavy atom. The molecule has 4 heteroatoms. The van der Waals surface area contributed by atoms with Crippen LogP contribution in [0.15, 0.2) is 24.3 Å².